The van der Waals surface area contributed by atoms with Crippen LogP contribution in [0, 0.1) is 5.95 Å². The number of rotatable bonds is 3. The highest BCUT2D eigenvalue weighted by Gasteiger charge is 2.01. The number of pyridine rings is 1. The number of halogens is 1. The van der Waals surface area contributed by atoms with E-state index in [0.29, 0.717) is 5.92 Å². The monoisotopic (exact) mass is 247 g/mol. The minimum atomic E-state index is -0.436. The third-order valence-corrected chi connectivity index (χ3v) is 3.48. The van der Waals surface area contributed by atoms with Gasteiger partial charge >= 0.3 is 0 Å². The zero-order chi connectivity index (χ0) is 12.3. The van der Waals surface area contributed by atoms with Gasteiger partial charge in [0, 0.05) is 22.1 Å². The Balaban J connectivity index is 2.14. The summed E-state index contributed by atoms with van der Waals surface area (Å²) in [5.74, 6) is 0.0984. The van der Waals surface area contributed by atoms with Gasteiger partial charge in [-0.1, -0.05) is 37.7 Å². The molecule has 0 unspecified atom stereocenters. The van der Waals surface area contributed by atoms with Crippen molar-refractivity contribution in [3.05, 3.63) is 54.1 Å². The van der Waals surface area contributed by atoms with Crippen molar-refractivity contribution < 1.29 is 4.39 Å². The SMILES string of the molecule is CC(C)c1ccc(Sc2ccnc(F)c2)cc1. The van der Waals surface area contributed by atoms with Gasteiger partial charge in [-0.15, -0.1) is 0 Å². The van der Waals surface area contributed by atoms with Crippen LogP contribution in [-0.4, -0.2) is 4.98 Å². The van der Waals surface area contributed by atoms with Gasteiger partial charge in [-0.05, 0) is 29.7 Å². The van der Waals surface area contributed by atoms with Gasteiger partial charge in [-0.3, -0.25) is 0 Å². The maximum Gasteiger partial charge on any atom is 0.213 e. The van der Waals surface area contributed by atoms with Crippen LogP contribution in [0.3, 0.4) is 0 Å². The molecular formula is C14H14FNS. The molecule has 0 spiro atoms. The summed E-state index contributed by atoms with van der Waals surface area (Å²) in [4.78, 5) is 5.52. The molecular weight excluding hydrogens is 233 g/mol. The molecule has 0 aliphatic rings. The largest absolute Gasteiger partial charge is 0.228 e. The summed E-state index contributed by atoms with van der Waals surface area (Å²) < 4.78 is 12.9. The van der Waals surface area contributed by atoms with E-state index in [1.54, 1.807) is 11.8 Å². The fraction of sp³-hybridized carbons (Fsp3) is 0.214. The van der Waals surface area contributed by atoms with Crippen LogP contribution in [-0.2, 0) is 0 Å². The Morgan fingerprint density at radius 3 is 2.35 bits per heavy atom. The standard InChI is InChI=1S/C14H14FNS/c1-10(2)11-3-5-12(6-4-11)17-13-7-8-16-14(15)9-13/h3-10H,1-2H3. The van der Waals surface area contributed by atoms with Crippen LogP contribution in [0.4, 0.5) is 4.39 Å². The number of hydrogen-bond donors (Lipinski definition) is 0. The Morgan fingerprint density at radius 1 is 1.06 bits per heavy atom. The molecule has 17 heavy (non-hydrogen) atoms. The second kappa shape index (κ2) is 5.32. The Bertz CT molecular complexity index is 494. The lowest BCUT2D eigenvalue weighted by Gasteiger charge is -2.06. The van der Waals surface area contributed by atoms with Crippen LogP contribution in [0.5, 0.6) is 0 Å². The Labute approximate surface area is 105 Å². The molecule has 2 rings (SSSR count). The van der Waals surface area contributed by atoms with Crippen LogP contribution >= 0.6 is 11.8 Å². The lowest BCUT2D eigenvalue weighted by atomic mass is 10.0. The molecule has 1 nitrogen and oxygen atoms in total. The van der Waals surface area contributed by atoms with Crippen LogP contribution in [0.2, 0.25) is 0 Å². The first kappa shape index (κ1) is 12.1. The predicted octanol–water partition coefficient (Wildman–Crippen LogP) is 4.50. The summed E-state index contributed by atoms with van der Waals surface area (Å²) >= 11 is 1.54. The van der Waals surface area contributed by atoms with Crippen LogP contribution < -0.4 is 0 Å². The van der Waals surface area contributed by atoms with E-state index in [2.05, 4.69) is 43.1 Å². The first-order valence-corrected chi connectivity index (χ1v) is 6.36. The summed E-state index contributed by atoms with van der Waals surface area (Å²) in [7, 11) is 0. The number of nitrogens with zero attached hydrogens (tertiary/aromatic N) is 1. The molecule has 0 aliphatic heterocycles. The van der Waals surface area contributed by atoms with Crippen molar-refractivity contribution in [2.24, 2.45) is 0 Å². The first-order chi connectivity index (χ1) is 8.15. The molecule has 0 radical (unpaired) electrons. The predicted molar refractivity (Wildman–Crippen MR) is 68.8 cm³/mol. The maximum atomic E-state index is 12.9. The molecule has 0 bridgehead atoms. The molecule has 0 N–H and O–H groups in total. The van der Waals surface area contributed by atoms with E-state index in [-0.39, 0.29) is 0 Å². The minimum Gasteiger partial charge on any atom is -0.228 e. The van der Waals surface area contributed by atoms with Gasteiger partial charge in [0.1, 0.15) is 0 Å². The summed E-state index contributed by atoms with van der Waals surface area (Å²) in [6, 6.07) is 11.6. The average Bonchev–Trinajstić information content (AvgIpc) is 2.29. The Hall–Kier alpha value is -1.35. The minimum absolute atomic E-state index is 0.436. The van der Waals surface area contributed by atoms with E-state index in [4.69, 9.17) is 0 Å². The van der Waals surface area contributed by atoms with Gasteiger partial charge in [-0.25, -0.2) is 4.98 Å². The highest BCUT2D eigenvalue weighted by atomic mass is 32.2. The van der Waals surface area contributed by atoms with Gasteiger partial charge in [0.25, 0.3) is 0 Å². The molecule has 0 fully saturated rings. The van der Waals surface area contributed by atoms with Crippen molar-refractivity contribution in [1.29, 1.82) is 0 Å². The van der Waals surface area contributed by atoms with Crippen molar-refractivity contribution in [3.8, 4) is 0 Å². The molecule has 2 aromatic rings. The highest BCUT2D eigenvalue weighted by molar-refractivity contribution is 7.99. The van der Waals surface area contributed by atoms with Crippen molar-refractivity contribution in [2.75, 3.05) is 0 Å². The molecule has 0 amide bonds. The fourth-order valence-corrected chi connectivity index (χ4v) is 2.33. The maximum absolute atomic E-state index is 12.9. The Morgan fingerprint density at radius 2 is 1.76 bits per heavy atom. The third kappa shape index (κ3) is 3.30. The lowest BCUT2D eigenvalue weighted by Crippen LogP contribution is -1.86. The van der Waals surface area contributed by atoms with Gasteiger partial charge in [0.2, 0.25) is 5.95 Å². The van der Waals surface area contributed by atoms with E-state index in [1.807, 2.05) is 6.07 Å². The molecule has 0 atom stereocenters. The van der Waals surface area contributed by atoms with E-state index in [0.717, 1.165) is 9.79 Å². The summed E-state index contributed by atoms with van der Waals surface area (Å²) in [5.41, 5.74) is 1.32. The van der Waals surface area contributed by atoms with E-state index in [9.17, 15) is 4.39 Å². The van der Waals surface area contributed by atoms with Crippen LogP contribution in [0.1, 0.15) is 25.3 Å². The number of benzene rings is 1. The zero-order valence-corrected chi connectivity index (χ0v) is 10.7. The van der Waals surface area contributed by atoms with Gasteiger partial charge in [0.15, 0.2) is 0 Å². The second-order valence-electron chi connectivity index (χ2n) is 4.14. The highest BCUT2D eigenvalue weighted by Crippen LogP contribution is 2.28. The van der Waals surface area contributed by atoms with Crippen molar-refractivity contribution >= 4 is 11.8 Å². The summed E-state index contributed by atoms with van der Waals surface area (Å²) in [6.45, 7) is 4.33. The smallest absolute Gasteiger partial charge is 0.213 e. The summed E-state index contributed by atoms with van der Waals surface area (Å²) in [5, 5.41) is 0. The van der Waals surface area contributed by atoms with Crippen molar-refractivity contribution in [2.45, 2.75) is 29.6 Å². The number of aromatic nitrogens is 1. The molecule has 0 aliphatic carbocycles. The van der Waals surface area contributed by atoms with Crippen molar-refractivity contribution in [3.63, 3.8) is 0 Å². The topological polar surface area (TPSA) is 12.9 Å². The van der Waals surface area contributed by atoms with Crippen LogP contribution in [0.15, 0.2) is 52.4 Å². The van der Waals surface area contributed by atoms with E-state index < -0.39 is 5.95 Å². The third-order valence-electron chi connectivity index (χ3n) is 2.48. The molecule has 3 heteroatoms. The molecule has 1 aromatic heterocycles. The molecule has 0 saturated heterocycles. The first-order valence-electron chi connectivity index (χ1n) is 5.54. The van der Waals surface area contributed by atoms with Crippen LogP contribution in [0.25, 0.3) is 0 Å². The Kier molecular flexibility index (Phi) is 3.79. The van der Waals surface area contributed by atoms with Gasteiger partial charge < -0.3 is 0 Å². The van der Waals surface area contributed by atoms with Crippen molar-refractivity contribution in [1.82, 2.24) is 4.98 Å². The summed E-state index contributed by atoms with van der Waals surface area (Å²) in [6.07, 6.45) is 1.49. The number of hydrogen-bond acceptors (Lipinski definition) is 2. The quantitative estimate of drug-likeness (QED) is 0.741. The zero-order valence-electron chi connectivity index (χ0n) is 9.85. The normalized spacial score (nSPS) is 10.8. The van der Waals surface area contributed by atoms with Gasteiger partial charge in [0.05, 0.1) is 0 Å². The lowest BCUT2D eigenvalue weighted by molar-refractivity contribution is 0.579. The second-order valence-corrected chi connectivity index (χ2v) is 5.29. The molecule has 1 aromatic carbocycles. The average molecular weight is 247 g/mol. The molecule has 0 saturated carbocycles. The van der Waals surface area contributed by atoms with E-state index >= 15 is 0 Å². The molecule has 88 valence electrons. The van der Waals surface area contributed by atoms with E-state index in [1.165, 1.54) is 17.8 Å². The fourth-order valence-electron chi connectivity index (χ4n) is 1.51. The molecule has 1 heterocycles. The van der Waals surface area contributed by atoms with Gasteiger partial charge in [-0.2, -0.15) is 4.39 Å².